The number of phenols is 2. The Morgan fingerprint density at radius 1 is 0.939 bits per heavy atom. The molecule has 5 nitrogen and oxygen atoms in total. The summed E-state index contributed by atoms with van der Waals surface area (Å²) in [5, 5.41) is 21.3. The van der Waals surface area contributed by atoms with Crippen LogP contribution in [-0.2, 0) is 19.4 Å². The van der Waals surface area contributed by atoms with Crippen molar-refractivity contribution in [1.82, 2.24) is 4.90 Å². The van der Waals surface area contributed by atoms with Gasteiger partial charge < -0.3 is 19.7 Å². The molecule has 6 heteroatoms. The largest absolute Gasteiger partial charge is 0.504 e. The van der Waals surface area contributed by atoms with Gasteiger partial charge in [0.2, 0.25) is 0 Å². The number of hydrogen-bond donors (Lipinski definition) is 2. The minimum Gasteiger partial charge on any atom is -0.504 e. The van der Waals surface area contributed by atoms with Crippen molar-refractivity contribution in [3.8, 4) is 23.0 Å². The molecule has 0 aromatic heterocycles. The minimum atomic E-state index is 0.190. The maximum absolute atomic E-state index is 10.7. The van der Waals surface area contributed by atoms with Crippen LogP contribution in [0.4, 0.5) is 0 Å². The molecule has 0 radical (unpaired) electrons. The Labute approximate surface area is 205 Å². The van der Waals surface area contributed by atoms with E-state index in [2.05, 4.69) is 34.7 Å². The molecule has 2 N–H and O–H groups in total. The third-order valence-electron chi connectivity index (χ3n) is 6.87. The average molecular weight is 518 g/mol. The fourth-order valence-electron chi connectivity index (χ4n) is 5.00. The highest BCUT2D eigenvalue weighted by molar-refractivity contribution is 9.10. The summed E-state index contributed by atoms with van der Waals surface area (Å²) in [6, 6.07) is 5.90. The van der Waals surface area contributed by atoms with Crippen LogP contribution in [0.2, 0.25) is 0 Å². The lowest BCUT2D eigenvalue weighted by atomic mass is 9.83. The van der Waals surface area contributed by atoms with Crippen LogP contribution in [0.25, 0.3) is 0 Å². The molecule has 0 saturated heterocycles. The quantitative estimate of drug-likeness (QED) is 0.345. The van der Waals surface area contributed by atoms with Gasteiger partial charge in [0.05, 0.1) is 13.2 Å². The molecule has 0 bridgehead atoms. The normalized spacial score (nSPS) is 17.2. The number of aromatic hydroxyl groups is 2. The molecule has 2 aliphatic heterocycles. The van der Waals surface area contributed by atoms with Gasteiger partial charge in [-0.2, -0.15) is 0 Å². The molecule has 4 rings (SSSR count). The Hall–Kier alpha value is -1.92. The second kappa shape index (κ2) is 11.0. The summed E-state index contributed by atoms with van der Waals surface area (Å²) in [6.45, 7) is 7.24. The Morgan fingerprint density at radius 3 is 2.52 bits per heavy atom. The lowest BCUT2D eigenvalue weighted by Gasteiger charge is -2.42. The van der Waals surface area contributed by atoms with Crippen molar-refractivity contribution in [1.29, 1.82) is 0 Å². The second-order valence-corrected chi connectivity index (χ2v) is 10.1. The van der Waals surface area contributed by atoms with Crippen molar-refractivity contribution >= 4 is 15.9 Å². The summed E-state index contributed by atoms with van der Waals surface area (Å²) in [5.41, 5.74) is 4.70. The number of nitrogens with zero attached hydrogens (tertiary/aromatic N) is 1. The first-order chi connectivity index (χ1) is 16.0. The average Bonchev–Trinajstić information content (AvgIpc) is 2.80. The van der Waals surface area contributed by atoms with Crippen molar-refractivity contribution in [2.75, 3.05) is 19.8 Å². The lowest BCUT2D eigenvalue weighted by molar-refractivity contribution is 0.155. The fraction of sp³-hybridized carbons (Fsp3) is 0.556. The van der Waals surface area contributed by atoms with Crippen LogP contribution in [0.3, 0.4) is 0 Å². The number of phenolic OH excluding ortho intramolecular Hbond substituents is 2. The molecule has 0 unspecified atom stereocenters. The van der Waals surface area contributed by atoms with Crippen LogP contribution in [0.1, 0.15) is 80.7 Å². The van der Waals surface area contributed by atoms with Crippen LogP contribution in [0.5, 0.6) is 23.0 Å². The van der Waals surface area contributed by atoms with E-state index in [1.54, 1.807) is 6.07 Å². The van der Waals surface area contributed by atoms with Gasteiger partial charge in [0, 0.05) is 29.2 Å². The van der Waals surface area contributed by atoms with E-state index >= 15 is 0 Å². The Balaban J connectivity index is 1.56. The van der Waals surface area contributed by atoms with Crippen molar-refractivity contribution in [2.45, 2.75) is 77.8 Å². The van der Waals surface area contributed by atoms with E-state index in [1.807, 2.05) is 12.1 Å². The summed E-state index contributed by atoms with van der Waals surface area (Å²) in [6.07, 6.45) is 8.34. The molecule has 2 aliphatic rings. The summed E-state index contributed by atoms with van der Waals surface area (Å²) in [4.78, 5) is 2.44. The van der Waals surface area contributed by atoms with E-state index in [0.29, 0.717) is 24.7 Å². The first kappa shape index (κ1) is 24.2. The van der Waals surface area contributed by atoms with Gasteiger partial charge in [-0.3, -0.25) is 4.90 Å². The molecule has 2 aromatic rings. The molecule has 33 heavy (non-hydrogen) atoms. The number of hydrogen-bond acceptors (Lipinski definition) is 5. The predicted molar refractivity (Wildman–Crippen MR) is 135 cm³/mol. The van der Waals surface area contributed by atoms with E-state index in [4.69, 9.17) is 9.47 Å². The zero-order chi connectivity index (χ0) is 23.4. The number of ether oxygens (including phenoxy) is 2. The molecule has 0 saturated carbocycles. The summed E-state index contributed by atoms with van der Waals surface area (Å²) in [7, 11) is 0. The Kier molecular flexibility index (Phi) is 8.07. The topological polar surface area (TPSA) is 62.2 Å². The highest BCUT2D eigenvalue weighted by Gasteiger charge is 2.36. The van der Waals surface area contributed by atoms with E-state index in [0.717, 1.165) is 61.7 Å². The molecule has 2 heterocycles. The lowest BCUT2D eigenvalue weighted by Crippen LogP contribution is -2.39. The molecule has 0 fully saturated rings. The van der Waals surface area contributed by atoms with Gasteiger partial charge in [0.1, 0.15) is 0 Å². The van der Waals surface area contributed by atoms with Gasteiger partial charge in [-0.1, -0.05) is 55.5 Å². The zero-order valence-electron chi connectivity index (χ0n) is 19.8. The molecule has 0 aliphatic carbocycles. The highest BCUT2D eigenvalue weighted by Crippen LogP contribution is 2.47. The predicted octanol–water partition coefficient (Wildman–Crippen LogP) is 6.65. The molecular weight excluding hydrogens is 482 g/mol. The summed E-state index contributed by atoms with van der Waals surface area (Å²) >= 11 is 3.67. The van der Waals surface area contributed by atoms with Gasteiger partial charge in [-0.15, -0.1) is 0 Å². The smallest absolute Gasteiger partial charge is 0.165 e. The molecule has 1 atom stereocenters. The molecule has 0 amide bonds. The van der Waals surface area contributed by atoms with Gasteiger partial charge in [-0.05, 0) is 60.6 Å². The van der Waals surface area contributed by atoms with E-state index in [1.165, 1.54) is 29.5 Å². The summed E-state index contributed by atoms with van der Waals surface area (Å²) in [5.74, 6) is 1.66. The van der Waals surface area contributed by atoms with Crippen molar-refractivity contribution in [2.24, 2.45) is 0 Å². The van der Waals surface area contributed by atoms with Crippen LogP contribution in [-0.4, -0.2) is 34.9 Å². The van der Waals surface area contributed by atoms with Crippen molar-refractivity contribution < 1.29 is 19.7 Å². The van der Waals surface area contributed by atoms with Gasteiger partial charge in [0.25, 0.3) is 0 Å². The SMILES string of the molecule is CCCCCCOc1cc2c(cc1O)[C@@H]1Cc3c(Br)cc(O)c(OCCCC)c3CN1CC2. The van der Waals surface area contributed by atoms with Gasteiger partial charge in [0.15, 0.2) is 23.0 Å². The van der Waals surface area contributed by atoms with E-state index in [9.17, 15) is 10.2 Å². The Bertz CT molecular complexity index is 977. The number of rotatable bonds is 10. The summed E-state index contributed by atoms with van der Waals surface area (Å²) < 4.78 is 12.9. The third-order valence-corrected chi connectivity index (χ3v) is 7.58. The fourth-order valence-corrected chi connectivity index (χ4v) is 5.62. The van der Waals surface area contributed by atoms with Crippen molar-refractivity contribution in [3.05, 3.63) is 44.9 Å². The van der Waals surface area contributed by atoms with Gasteiger partial charge >= 0.3 is 0 Å². The van der Waals surface area contributed by atoms with Gasteiger partial charge in [-0.25, -0.2) is 0 Å². The first-order valence-electron chi connectivity index (χ1n) is 12.4. The van der Waals surface area contributed by atoms with E-state index < -0.39 is 0 Å². The number of fused-ring (bicyclic) bond motifs is 4. The van der Waals surface area contributed by atoms with E-state index in [-0.39, 0.29) is 17.5 Å². The van der Waals surface area contributed by atoms with Crippen LogP contribution >= 0.6 is 15.9 Å². The second-order valence-electron chi connectivity index (χ2n) is 9.23. The monoisotopic (exact) mass is 517 g/mol. The molecule has 0 spiro atoms. The van der Waals surface area contributed by atoms with Crippen LogP contribution < -0.4 is 9.47 Å². The maximum Gasteiger partial charge on any atom is 0.165 e. The maximum atomic E-state index is 10.7. The third kappa shape index (κ3) is 5.27. The standard InChI is InChI=1S/C27H36BrNO4/c1-3-5-7-8-12-32-26-13-18-9-10-29-17-21-20(14-23(29)19(18)15-24(26)30)22(28)16-25(31)27(21)33-11-6-4-2/h13,15-16,23,30-31H,3-12,14,17H2,1-2H3/t23-/m0/s1. The molecular formula is C27H36BrNO4. The minimum absolute atomic E-state index is 0.190. The Morgan fingerprint density at radius 2 is 1.73 bits per heavy atom. The van der Waals surface area contributed by atoms with Crippen LogP contribution in [0.15, 0.2) is 22.7 Å². The van der Waals surface area contributed by atoms with Crippen LogP contribution in [0, 0.1) is 0 Å². The molecule has 180 valence electrons. The molecule has 2 aromatic carbocycles. The number of halogens is 1. The number of benzene rings is 2. The number of unbranched alkanes of at least 4 members (excludes halogenated alkanes) is 4. The van der Waals surface area contributed by atoms with Crippen molar-refractivity contribution in [3.63, 3.8) is 0 Å². The highest BCUT2D eigenvalue weighted by atomic mass is 79.9. The zero-order valence-corrected chi connectivity index (χ0v) is 21.4. The first-order valence-corrected chi connectivity index (χ1v) is 13.2.